The molecule has 0 atom stereocenters. The van der Waals surface area contributed by atoms with Gasteiger partial charge in [-0.1, -0.05) is 17.7 Å². The molecule has 0 saturated carbocycles. The number of benzene rings is 1. The van der Waals surface area contributed by atoms with Crippen molar-refractivity contribution in [3.05, 3.63) is 39.9 Å². The number of hydrogen-bond acceptors (Lipinski definition) is 6. The van der Waals surface area contributed by atoms with Crippen LogP contribution in [-0.4, -0.2) is 49.2 Å². The number of nitro groups is 1. The van der Waals surface area contributed by atoms with Gasteiger partial charge in [0.05, 0.1) is 11.5 Å². The third kappa shape index (κ3) is 4.15. The Hall–Kier alpha value is -2.20. The molecule has 10 heteroatoms. The lowest BCUT2D eigenvalue weighted by atomic mass is 10.2. The Kier molecular flexibility index (Phi) is 5.83. The summed E-state index contributed by atoms with van der Waals surface area (Å²) in [5, 5.41) is 9.95. The zero-order valence-corrected chi connectivity index (χ0v) is 13.2. The summed E-state index contributed by atoms with van der Waals surface area (Å²) in [5.74, 6) is 0. The Bertz CT molecular complexity index is 643. The van der Waals surface area contributed by atoms with Crippen LogP contribution in [0.2, 0.25) is 0 Å². The van der Waals surface area contributed by atoms with Crippen molar-refractivity contribution in [2.24, 2.45) is 0 Å². The zero-order valence-electron chi connectivity index (χ0n) is 12.4. The molecule has 0 N–H and O–H groups in total. The smallest absolute Gasteiger partial charge is 0.446 e. The number of hydrogen-bond donors (Lipinski definition) is 0. The minimum Gasteiger partial charge on any atom is -0.446 e. The van der Waals surface area contributed by atoms with Crippen molar-refractivity contribution in [2.45, 2.75) is 18.7 Å². The lowest BCUT2D eigenvalue weighted by Crippen LogP contribution is -2.45. The van der Waals surface area contributed by atoms with E-state index < -0.39 is 27.8 Å². The van der Waals surface area contributed by atoms with Gasteiger partial charge in [-0.05, 0) is 31.0 Å². The molecule has 122 valence electrons. The average Bonchev–Trinajstić information content (AvgIpc) is 2.44. The molecular weight excluding hydrogens is 314 g/mol. The van der Waals surface area contributed by atoms with Crippen LogP contribution in [0.4, 0.5) is 4.79 Å². The van der Waals surface area contributed by atoms with E-state index in [9.17, 15) is 23.3 Å². The van der Waals surface area contributed by atoms with Gasteiger partial charge in [-0.2, -0.15) is 4.31 Å². The molecule has 1 aromatic rings. The molecule has 1 rings (SSSR count). The van der Waals surface area contributed by atoms with Crippen LogP contribution in [0.25, 0.3) is 0 Å². The third-order valence-electron chi connectivity index (χ3n) is 2.74. The first-order chi connectivity index (χ1) is 10.2. The Morgan fingerprint density at radius 2 is 1.86 bits per heavy atom. The maximum atomic E-state index is 12.3. The summed E-state index contributed by atoms with van der Waals surface area (Å²) in [7, 11) is -2.81. The molecule has 0 aromatic heterocycles. The van der Waals surface area contributed by atoms with Crippen molar-refractivity contribution in [3.63, 3.8) is 0 Å². The average molecular weight is 331 g/mol. The lowest BCUT2D eigenvalue weighted by Gasteiger charge is -2.20. The fourth-order valence-electron chi connectivity index (χ4n) is 1.53. The van der Waals surface area contributed by atoms with Gasteiger partial charge in [-0.15, -0.1) is 0 Å². The van der Waals surface area contributed by atoms with Gasteiger partial charge in [-0.3, -0.25) is 0 Å². The van der Waals surface area contributed by atoms with Gasteiger partial charge >= 0.3 is 6.09 Å². The molecule has 1 aromatic carbocycles. The SMILES string of the molecule is CCOC(=O)N(CN(C)S(=O)(=O)c1ccc(C)cc1)[N+](=O)[O-]. The first-order valence-electron chi connectivity index (χ1n) is 6.31. The molecule has 0 aliphatic heterocycles. The molecule has 0 heterocycles. The van der Waals surface area contributed by atoms with Crippen LogP contribution in [0.3, 0.4) is 0 Å². The number of ether oxygens (including phenoxy) is 1. The highest BCUT2D eigenvalue weighted by atomic mass is 32.2. The molecule has 0 aliphatic rings. The van der Waals surface area contributed by atoms with Crippen molar-refractivity contribution in [2.75, 3.05) is 20.3 Å². The number of sulfonamides is 1. The fourth-order valence-corrected chi connectivity index (χ4v) is 2.63. The van der Waals surface area contributed by atoms with Gasteiger partial charge in [0.15, 0.2) is 11.7 Å². The number of carbonyl (C=O) groups is 1. The zero-order chi connectivity index (χ0) is 16.9. The van der Waals surface area contributed by atoms with Gasteiger partial charge in [0.25, 0.3) is 0 Å². The Morgan fingerprint density at radius 1 is 1.32 bits per heavy atom. The summed E-state index contributed by atoms with van der Waals surface area (Å²) in [5.41, 5.74) is 0.875. The molecule has 0 aliphatic carbocycles. The van der Waals surface area contributed by atoms with Crippen LogP contribution in [0.15, 0.2) is 29.2 Å². The monoisotopic (exact) mass is 331 g/mol. The van der Waals surface area contributed by atoms with E-state index in [4.69, 9.17) is 0 Å². The number of carbonyl (C=O) groups excluding carboxylic acids is 1. The summed E-state index contributed by atoms with van der Waals surface area (Å²) in [6.45, 7) is 2.47. The first kappa shape index (κ1) is 17.9. The van der Waals surface area contributed by atoms with Crippen molar-refractivity contribution in [1.82, 2.24) is 9.31 Å². The molecule has 0 saturated heterocycles. The molecule has 0 radical (unpaired) electrons. The largest absolute Gasteiger partial charge is 0.469 e. The number of rotatable bonds is 6. The normalized spacial score (nSPS) is 11.3. The van der Waals surface area contributed by atoms with Crippen LogP contribution >= 0.6 is 0 Å². The minimum absolute atomic E-state index is 0.0206. The molecule has 0 bridgehead atoms. The van der Waals surface area contributed by atoms with E-state index in [1.165, 1.54) is 19.1 Å². The van der Waals surface area contributed by atoms with Gasteiger partial charge in [-0.25, -0.2) is 23.3 Å². The van der Waals surface area contributed by atoms with Crippen LogP contribution in [0.5, 0.6) is 0 Å². The van der Waals surface area contributed by atoms with Crippen LogP contribution in [0, 0.1) is 17.0 Å². The number of aryl methyl sites for hydroxylation is 1. The van der Waals surface area contributed by atoms with Crippen LogP contribution in [0.1, 0.15) is 12.5 Å². The van der Waals surface area contributed by atoms with Crippen molar-refractivity contribution in [3.8, 4) is 0 Å². The Labute approximate surface area is 128 Å². The molecule has 1 amide bonds. The van der Waals surface area contributed by atoms with Crippen molar-refractivity contribution in [1.29, 1.82) is 0 Å². The van der Waals surface area contributed by atoms with Crippen molar-refractivity contribution >= 4 is 16.1 Å². The summed E-state index contributed by atoms with van der Waals surface area (Å²) >= 11 is 0. The topological polar surface area (TPSA) is 110 Å². The van der Waals surface area contributed by atoms with Gasteiger partial charge in [0.2, 0.25) is 10.0 Å². The Balaban J connectivity index is 2.97. The number of amides is 1. The molecule has 9 nitrogen and oxygen atoms in total. The fraction of sp³-hybridized carbons (Fsp3) is 0.417. The van der Waals surface area contributed by atoms with Crippen LogP contribution in [-0.2, 0) is 14.8 Å². The maximum absolute atomic E-state index is 12.3. The van der Waals surface area contributed by atoms with Gasteiger partial charge in [0, 0.05) is 7.05 Å². The predicted molar refractivity (Wildman–Crippen MR) is 76.9 cm³/mol. The highest BCUT2D eigenvalue weighted by Crippen LogP contribution is 2.15. The second-order valence-corrected chi connectivity index (χ2v) is 6.44. The third-order valence-corrected chi connectivity index (χ3v) is 4.54. The van der Waals surface area contributed by atoms with Crippen molar-refractivity contribution < 1.29 is 23.0 Å². The first-order valence-corrected chi connectivity index (χ1v) is 7.75. The van der Waals surface area contributed by atoms with E-state index >= 15 is 0 Å². The van der Waals surface area contributed by atoms with Crippen LogP contribution < -0.4 is 0 Å². The summed E-state index contributed by atoms with van der Waals surface area (Å²) in [6, 6.07) is 6.00. The second-order valence-electron chi connectivity index (χ2n) is 4.39. The quantitative estimate of drug-likeness (QED) is 0.440. The van der Waals surface area contributed by atoms with Gasteiger partial charge < -0.3 is 4.74 Å². The van der Waals surface area contributed by atoms with Gasteiger partial charge in [0.1, 0.15) is 0 Å². The second kappa shape index (κ2) is 7.18. The molecule has 0 spiro atoms. The predicted octanol–water partition coefficient (Wildman–Crippen LogP) is 1.22. The van der Waals surface area contributed by atoms with E-state index in [2.05, 4.69) is 4.74 Å². The highest BCUT2D eigenvalue weighted by Gasteiger charge is 2.32. The summed E-state index contributed by atoms with van der Waals surface area (Å²) < 4.78 is 29.8. The van der Waals surface area contributed by atoms with E-state index in [1.807, 2.05) is 0 Å². The lowest BCUT2D eigenvalue weighted by molar-refractivity contribution is -0.638. The van der Waals surface area contributed by atoms with E-state index in [0.29, 0.717) is 4.31 Å². The van der Waals surface area contributed by atoms with E-state index in [1.54, 1.807) is 19.1 Å². The maximum Gasteiger partial charge on any atom is 0.469 e. The Morgan fingerprint density at radius 3 is 2.32 bits per heavy atom. The summed E-state index contributed by atoms with van der Waals surface area (Å²) in [4.78, 5) is 22.3. The standard InChI is InChI=1S/C12H17N3O6S/c1-4-21-12(16)14(15(17)18)9-13(3)22(19,20)11-7-5-10(2)6-8-11/h5-8H,4,9H2,1-3H3. The number of hydrazine groups is 1. The molecule has 0 unspecified atom stereocenters. The number of nitrogens with zero attached hydrogens (tertiary/aromatic N) is 3. The highest BCUT2D eigenvalue weighted by molar-refractivity contribution is 7.89. The molecule has 22 heavy (non-hydrogen) atoms. The molecule has 0 fully saturated rings. The summed E-state index contributed by atoms with van der Waals surface area (Å²) in [6.07, 6.45) is -1.22. The minimum atomic E-state index is -3.95. The van der Waals surface area contributed by atoms with E-state index in [-0.39, 0.29) is 16.5 Å². The molecular formula is C12H17N3O6S. The van der Waals surface area contributed by atoms with E-state index in [0.717, 1.165) is 12.6 Å².